The molecular formula is C15H21NO. The van der Waals surface area contributed by atoms with E-state index in [1.54, 1.807) is 0 Å². The second-order valence-electron chi connectivity index (χ2n) is 5.62. The number of piperidine rings is 1. The van der Waals surface area contributed by atoms with Crippen LogP contribution in [0.15, 0.2) is 30.3 Å². The van der Waals surface area contributed by atoms with Crippen LogP contribution in [0.1, 0.15) is 31.7 Å². The van der Waals surface area contributed by atoms with E-state index in [2.05, 4.69) is 35.2 Å². The van der Waals surface area contributed by atoms with E-state index in [4.69, 9.17) is 0 Å². The molecule has 1 aromatic carbocycles. The van der Waals surface area contributed by atoms with E-state index in [0.29, 0.717) is 12.1 Å². The summed E-state index contributed by atoms with van der Waals surface area (Å²) < 4.78 is 0. The van der Waals surface area contributed by atoms with Gasteiger partial charge in [-0.1, -0.05) is 30.3 Å². The molecule has 3 unspecified atom stereocenters. The molecule has 0 aromatic heterocycles. The first-order valence-electron chi connectivity index (χ1n) is 6.73. The van der Waals surface area contributed by atoms with Crippen molar-refractivity contribution in [3.05, 3.63) is 35.9 Å². The first-order chi connectivity index (χ1) is 8.25. The van der Waals surface area contributed by atoms with Crippen LogP contribution >= 0.6 is 0 Å². The fourth-order valence-electron chi connectivity index (χ4n) is 3.82. The normalized spacial score (nSPS) is 34.1. The summed E-state index contributed by atoms with van der Waals surface area (Å²) in [4.78, 5) is 2.54. The van der Waals surface area contributed by atoms with Crippen molar-refractivity contribution in [2.24, 2.45) is 5.92 Å². The minimum Gasteiger partial charge on any atom is -0.392 e. The minimum absolute atomic E-state index is 0.200. The summed E-state index contributed by atoms with van der Waals surface area (Å²) in [6.45, 7) is 2.95. The highest BCUT2D eigenvalue weighted by molar-refractivity contribution is 5.16. The first kappa shape index (κ1) is 11.2. The van der Waals surface area contributed by atoms with E-state index in [1.807, 2.05) is 6.92 Å². The monoisotopic (exact) mass is 231 g/mol. The van der Waals surface area contributed by atoms with E-state index in [1.165, 1.54) is 24.8 Å². The number of fused-ring (bicyclic) bond motifs is 2. The van der Waals surface area contributed by atoms with Crippen LogP contribution in [0.4, 0.5) is 0 Å². The van der Waals surface area contributed by atoms with E-state index >= 15 is 0 Å². The number of nitrogens with zero attached hydrogens (tertiary/aromatic N) is 1. The van der Waals surface area contributed by atoms with Crippen LogP contribution in [0.2, 0.25) is 0 Å². The van der Waals surface area contributed by atoms with Crippen molar-refractivity contribution in [2.45, 2.75) is 50.9 Å². The van der Waals surface area contributed by atoms with E-state index < -0.39 is 0 Å². The van der Waals surface area contributed by atoms with Crippen LogP contribution in [0.5, 0.6) is 0 Å². The lowest BCUT2D eigenvalue weighted by Gasteiger charge is -2.37. The third-order valence-corrected chi connectivity index (χ3v) is 4.48. The van der Waals surface area contributed by atoms with Crippen molar-refractivity contribution in [2.75, 3.05) is 0 Å². The molecule has 2 heteroatoms. The molecule has 1 N–H and O–H groups in total. The highest BCUT2D eigenvalue weighted by Gasteiger charge is 2.47. The molecule has 0 spiro atoms. The average Bonchev–Trinajstić information content (AvgIpc) is 2.90. The van der Waals surface area contributed by atoms with Crippen LogP contribution in [0.3, 0.4) is 0 Å². The number of aliphatic hydroxyl groups is 1. The van der Waals surface area contributed by atoms with Crippen molar-refractivity contribution in [3.63, 3.8) is 0 Å². The number of benzene rings is 1. The smallest absolute Gasteiger partial charge is 0.0670 e. The Kier molecular flexibility index (Phi) is 2.93. The van der Waals surface area contributed by atoms with E-state index in [-0.39, 0.29) is 6.10 Å². The van der Waals surface area contributed by atoms with Gasteiger partial charge in [0.1, 0.15) is 0 Å². The van der Waals surface area contributed by atoms with Crippen LogP contribution in [0, 0.1) is 5.92 Å². The van der Waals surface area contributed by atoms with Crippen LogP contribution < -0.4 is 0 Å². The number of rotatable bonds is 3. The SMILES string of the molecule is C[C@H](O)C1C2CCC(C2)N1Cc1ccccc1. The Labute approximate surface area is 103 Å². The molecule has 0 radical (unpaired) electrons. The molecular weight excluding hydrogens is 210 g/mol. The summed E-state index contributed by atoms with van der Waals surface area (Å²) in [6.07, 6.45) is 3.73. The Hall–Kier alpha value is -0.860. The largest absolute Gasteiger partial charge is 0.392 e. The fraction of sp³-hybridized carbons (Fsp3) is 0.600. The molecule has 2 fully saturated rings. The second kappa shape index (κ2) is 4.43. The maximum Gasteiger partial charge on any atom is 0.0670 e. The van der Waals surface area contributed by atoms with Crippen LogP contribution in [-0.2, 0) is 6.54 Å². The van der Waals surface area contributed by atoms with Gasteiger partial charge in [0.15, 0.2) is 0 Å². The fourth-order valence-corrected chi connectivity index (χ4v) is 3.82. The van der Waals surface area contributed by atoms with Crippen molar-refractivity contribution in [1.29, 1.82) is 0 Å². The Morgan fingerprint density at radius 3 is 2.76 bits per heavy atom. The molecule has 1 aliphatic heterocycles. The molecule has 3 rings (SSSR count). The van der Waals surface area contributed by atoms with E-state index in [0.717, 1.165) is 12.5 Å². The molecule has 2 nitrogen and oxygen atoms in total. The van der Waals surface area contributed by atoms with Gasteiger partial charge in [0.25, 0.3) is 0 Å². The molecule has 1 saturated heterocycles. The molecule has 4 atom stereocenters. The predicted octanol–water partition coefficient (Wildman–Crippen LogP) is 2.42. The van der Waals surface area contributed by atoms with Crippen LogP contribution in [0.25, 0.3) is 0 Å². The maximum atomic E-state index is 9.98. The third-order valence-electron chi connectivity index (χ3n) is 4.48. The first-order valence-corrected chi connectivity index (χ1v) is 6.73. The summed E-state index contributed by atoms with van der Waals surface area (Å²) in [7, 11) is 0. The molecule has 1 aromatic rings. The van der Waals surface area contributed by atoms with Gasteiger partial charge in [-0.2, -0.15) is 0 Å². The number of aliphatic hydroxyl groups excluding tert-OH is 1. The van der Waals surface area contributed by atoms with Gasteiger partial charge in [0, 0.05) is 18.6 Å². The van der Waals surface area contributed by atoms with Crippen LogP contribution in [-0.4, -0.2) is 28.2 Å². The zero-order valence-corrected chi connectivity index (χ0v) is 10.4. The summed E-state index contributed by atoms with van der Waals surface area (Å²) >= 11 is 0. The Bertz CT molecular complexity index is 376. The number of likely N-dealkylation sites (tertiary alicyclic amines) is 1. The Morgan fingerprint density at radius 2 is 2.06 bits per heavy atom. The van der Waals surface area contributed by atoms with Crippen molar-refractivity contribution in [3.8, 4) is 0 Å². The van der Waals surface area contributed by atoms with Crippen molar-refractivity contribution in [1.82, 2.24) is 4.90 Å². The Morgan fingerprint density at radius 1 is 1.29 bits per heavy atom. The number of hydrogen-bond acceptors (Lipinski definition) is 2. The predicted molar refractivity (Wildman–Crippen MR) is 68.6 cm³/mol. The lowest BCUT2D eigenvalue weighted by atomic mass is 9.94. The van der Waals surface area contributed by atoms with Gasteiger partial charge in [0.2, 0.25) is 0 Å². The van der Waals surface area contributed by atoms with Crippen molar-refractivity contribution < 1.29 is 5.11 Å². The quantitative estimate of drug-likeness (QED) is 0.863. The summed E-state index contributed by atoms with van der Waals surface area (Å²) in [5.41, 5.74) is 1.37. The van der Waals surface area contributed by atoms with Gasteiger partial charge in [0.05, 0.1) is 6.10 Å². The summed E-state index contributed by atoms with van der Waals surface area (Å²) in [5, 5.41) is 9.98. The standard InChI is InChI=1S/C15H21NO/c1-11(17)15-13-7-8-14(9-13)16(15)10-12-5-3-2-4-6-12/h2-6,11,13-15,17H,7-10H2,1H3/t11-,13?,14?,15?/m0/s1. The molecule has 2 bridgehead atoms. The van der Waals surface area contributed by atoms with Gasteiger partial charge >= 0.3 is 0 Å². The molecule has 1 aliphatic carbocycles. The maximum absolute atomic E-state index is 9.98. The Balaban J connectivity index is 1.77. The average molecular weight is 231 g/mol. The lowest BCUT2D eigenvalue weighted by Crippen LogP contribution is -2.46. The van der Waals surface area contributed by atoms with Gasteiger partial charge in [-0.05, 0) is 37.7 Å². The van der Waals surface area contributed by atoms with Gasteiger partial charge in [-0.25, -0.2) is 0 Å². The van der Waals surface area contributed by atoms with Gasteiger partial charge in [-0.3, -0.25) is 4.90 Å². The second-order valence-corrected chi connectivity index (χ2v) is 5.62. The minimum atomic E-state index is -0.200. The van der Waals surface area contributed by atoms with Gasteiger partial charge in [-0.15, -0.1) is 0 Å². The molecule has 17 heavy (non-hydrogen) atoms. The molecule has 1 saturated carbocycles. The summed E-state index contributed by atoms with van der Waals surface area (Å²) in [5.74, 6) is 0.726. The third kappa shape index (κ3) is 2.00. The zero-order chi connectivity index (χ0) is 11.8. The number of hydrogen-bond donors (Lipinski definition) is 1. The zero-order valence-electron chi connectivity index (χ0n) is 10.4. The van der Waals surface area contributed by atoms with Gasteiger partial charge < -0.3 is 5.11 Å². The highest BCUT2D eigenvalue weighted by Crippen LogP contribution is 2.44. The molecule has 0 amide bonds. The summed E-state index contributed by atoms with van der Waals surface area (Å²) in [6, 6.07) is 11.7. The van der Waals surface area contributed by atoms with E-state index in [9.17, 15) is 5.11 Å². The highest BCUT2D eigenvalue weighted by atomic mass is 16.3. The molecule has 2 aliphatic rings. The lowest BCUT2D eigenvalue weighted by molar-refractivity contribution is 0.0268. The topological polar surface area (TPSA) is 23.5 Å². The molecule has 92 valence electrons. The van der Waals surface area contributed by atoms with Crippen molar-refractivity contribution >= 4 is 0 Å². The molecule has 1 heterocycles.